The number of carbonyl (C=O) groups is 1. The number of nitrogens with one attached hydrogen (secondary N) is 1. The van der Waals surface area contributed by atoms with Crippen molar-refractivity contribution in [3.8, 4) is 17.1 Å². The van der Waals surface area contributed by atoms with Gasteiger partial charge in [0.1, 0.15) is 17.3 Å². The van der Waals surface area contributed by atoms with Crippen LogP contribution in [0, 0.1) is 12.8 Å². The summed E-state index contributed by atoms with van der Waals surface area (Å²) in [6.07, 6.45) is 0.909. The number of carboxylic acids is 1. The Morgan fingerprint density at radius 3 is 2.45 bits per heavy atom. The Morgan fingerprint density at radius 1 is 1.14 bits per heavy atom. The molecule has 1 heterocycles. The molecule has 0 aliphatic carbocycles. The topological polar surface area (TPSA) is 71.7 Å². The SMILES string of the molecule is COc1ccccc1-c1cc(C(CC(C)C)Nc2ccc(C(=O)O)cc2)c(C)o1. The van der Waals surface area contributed by atoms with Crippen molar-refractivity contribution in [2.24, 2.45) is 5.92 Å². The summed E-state index contributed by atoms with van der Waals surface area (Å²) in [6, 6.07) is 16.7. The number of furan rings is 1. The highest BCUT2D eigenvalue weighted by Crippen LogP contribution is 2.37. The number of rotatable bonds is 8. The molecule has 5 heteroatoms. The molecule has 0 aliphatic heterocycles. The van der Waals surface area contributed by atoms with Crippen LogP contribution in [0.25, 0.3) is 11.3 Å². The number of ether oxygens (including phenoxy) is 1. The first-order valence-corrected chi connectivity index (χ1v) is 9.72. The van der Waals surface area contributed by atoms with Crippen LogP contribution in [0.15, 0.2) is 59.0 Å². The van der Waals surface area contributed by atoms with Gasteiger partial charge in [0.2, 0.25) is 0 Å². The van der Waals surface area contributed by atoms with Gasteiger partial charge in [-0.2, -0.15) is 0 Å². The fraction of sp³-hybridized carbons (Fsp3) is 0.292. The van der Waals surface area contributed by atoms with Crippen LogP contribution in [0.4, 0.5) is 5.69 Å². The number of methoxy groups -OCH3 is 1. The summed E-state index contributed by atoms with van der Waals surface area (Å²) in [5.74, 6) is 1.93. The Morgan fingerprint density at radius 2 is 1.83 bits per heavy atom. The van der Waals surface area contributed by atoms with E-state index in [0.29, 0.717) is 5.92 Å². The van der Waals surface area contributed by atoms with Crippen LogP contribution in [0.1, 0.15) is 48.0 Å². The fourth-order valence-corrected chi connectivity index (χ4v) is 3.47. The van der Waals surface area contributed by atoms with Crippen molar-refractivity contribution in [1.29, 1.82) is 0 Å². The molecule has 0 saturated heterocycles. The van der Waals surface area contributed by atoms with Gasteiger partial charge in [0.25, 0.3) is 0 Å². The van der Waals surface area contributed by atoms with E-state index in [2.05, 4.69) is 25.2 Å². The van der Waals surface area contributed by atoms with Crippen molar-refractivity contribution in [2.75, 3.05) is 12.4 Å². The van der Waals surface area contributed by atoms with Crippen LogP contribution in [-0.4, -0.2) is 18.2 Å². The lowest BCUT2D eigenvalue weighted by Gasteiger charge is -2.21. The van der Waals surface area contributed by atoms with Gasteiger partial charge in [0.15, 0.2) is 0 Å². The van der Waals surface area contributed by atoms with Crippen LogP contribution in [-0.2, 0) is 0 Å². The van der Waals surface area contributed by atoms with Crippen LogP contribution in [0.3, 0.4) is 0 Å². The Kier molecular flexibility index (Phi) is 6.27. The molecule has 2 N–H and O–H groups in total. The number of anilines is 1. The standard InChI is InChI=1S/C24H27NO4/c1-15(2)13-21(25-18-11-9-17(10-12-18)24(26)27)20-14-23(29-16(20)3)19-7-5-6-8-22(19)28-4/h5-12,14-15,21,25H,13H2,1-4H3,(H,26,27). The van der Waals surface area contributed by atoms with E-state index in [0.717, 1.165) is 40.5 Å². The molecule has 0 bridgehead atoms. The van der Waals surface area contributed by atoms with E-state index in [-0.39, 0.29) is 11.6 Å². The summed E-state index contributed by atoms with van der Waals surface area (Å²) < 4.78 is 11.6. The van der Waals surface area contributed by atoms with E-state index < -0.39 is 5.97 Å². The zero-order valence-corrected chi connectivity index (χ0v) is 17.2. The molecular weight excluding hydrogens is 366 g/mol. The highest BCUT2D eigenvalue weighted by Gasteiger charge is 2.21. The maximum Gasteiger partial charge on any atom is 0.335 e. The number of carboxylic acid groups (broad SMARTS) is 1. The first kappa shape index (κ1) is 20.5. The van der Waals surface area contributed by atoms with Gasteiger partial charge in [0, 0.05) is 11.3 Å². The molecule has 0 amide bonds. The van der Waals surface area contributed by atoms with Crippen molar-refractivity contribution in [3.05, 3.63) is 71.5 Å². The second-order valence-corrected chi connectivity index (χ2v) is 7.53. The summed E-state index contributed by atoms with van der Waals surface area (Å²) in [5.41, 5.74) is 3.15. The molecule has 0 spiro atoms. The van der Waals surface area contributed by atoms with Gasteiger partial charge in [0.05, 0.1) is 24.3 Å². The largest absolute Gasteiger partial charge is 0.496 e. The van der Waals surface area contributed by atoms with Gasteiger partial charge in [-0.1, -0.05) is 26.0 Å². The highest BCUT2D eigenvalue weighted by molar-refractivity contribution is 5.88. The van der Waals surface area contributed by atoms with E-state index in [9.17, 15) is 4.79 Å². The molecule has 1 unspecified atom stereocenters. The second kappa shape index (κ2) is 8.86. The lowest BCUT2D eigenvalue weighted by molar-refractivity contribution is 0.0697. The van der Waals surface area contributed by atoms with Gasteiger partial charge in [-0.15, -0.1) is 0 Å². The van der Waals surface area contributed by atoms with Crippen LogP contribution >= 0.6 is 0 Å². The average molecular weight is 393 g/mol. The summed E-state index contributed by atoms with van der Waals surface area (Å²) in [7, 11) is 1.65. The van der Waals surface area contributed by atoms with E-state index >= 15 is 0 Å². The molecule has 0 radical (unpaired) electrons. The van der Waals surface area contributed by atoms with Crippen molar-refractivity contribution in [3.63, 3.8) is 0 Å². The van der Waals surface area contributed by atoms with E-state index in [4.69, 9.17) is 14.3 Å². The molecule has 152 valence electrons. The Labute approximate surface area is 171 Å². The van der Waals surface area contributed by atoms with Crippen molar-refractivity contribution in [1.82, 2.24) is 0 Å². The normalized spacial score (nSPS) is 12.0. The second-order valence-electron chi connectivity index (χ2n) is 7.53. The zero-order chi connectivity index (χ0) is 21.0. The first-order chi connectivity index (χ1) is 13.9. The predicted octanol–water partition coefficient (Wildman–Crippen LogP) is 6.16. The maximum absolute atomic E-state index is 11.1. The molecule has 0 fully saturated rings. The Hall–Kier alpha value is -3.21. The molecule has 3 aromatic rings. The maximum atomic E-state index is 11.1. The Balaban J connectivity index is 1.93. The van der Waals surface area contributed by atoms with Crippen molar-refractivity contribution in [2.45, 2.75) is 33.2 Å². The predicted molar refractivity (Wildman–Crippen MR) is 115 cm³/mol. The smallest absolute Gasteiger partial charge is 0.335 e. The Bertz CT molecular complexity index is 973. The monoisotopic (exact) mass is 393 g/mol. The summed E-state index contributed by atoms with van der Waals surface area (Å²) >= 11 is 0. The van der Waals surface area contributed by atoms with Gasteiger partial charge in [-0.3, -0.25) is 0 Å². The van der Waals surface area contributed by atoms with Crippen molar-refractivity contribution >= 4 is 11.7 Å². The van der Waals surface area contributed by atoms with Gasteiger partial charge >= 0.3 is 5.97 Å². The summed E-state index contributed by atoms with van der Waals surface area (Å²) in [4.78, 5) is 11.1. The summed E-state index contributed by atoms with van der Waals surface area (Å²) in [5, 5.41) is 12.6. The molecular formula is C24H27NO4. The molecule has 5 nitrogen and oxygen atoms in total. The van der Waals surface area contributed by atoms with Crippen LogP contribution < -0.4 is 10.1 Å². The molecule has 1 aromatic heterocycles. The minimum absolute atomic E-state index is 0.0397. The quantitative estimate of drug-likeness (QED) is 0.479. The van der Waals surface area contributed by atoms with Gasteiger partial charge in [-0.25, -0.2) is 4.79 Å². The number of aromatic carboxylic acids is 1. The van der Waals surface area contributed by atoms with Gasteiger partial charge < -0.3 is 19.6 Å². The number of hydrogen-bond acceptors (Lipinski definition) is 4. The molecule has 3 rings (SSSR count). The van der Waals surface area contributed by atoms with E-state index in [1.54, 1.807) is 31.4 Å². The van der Waals surface area contributed by atoms with Crippen LogP contribution in [0.5, 0.6) is 5.75 Å². The molecule has 0 saturated carbocycles. The third-order valence-corrected chi connectivity index (χ3v) is 4.88. The number of benzene rings is 2. The highest BCUT2D eigenvalue weighted by atomic mass is 16.5. The zero-order valence-electron chi connectivity index (χ0n) is 17.2. The summed E-state index contributed by atoms with van der Waals surface area (Å²) in [6.45, 7) is 6.33. The number of para-hydroxylation sites is 1. The molecule has 1 atom stereocenters. The molecule has 2 aromatic carbocycles. The van der Waals surface area contributed by atoms with Crippen molar-refractivity contribution < 1.29 is 19.1 Å². The van der Waals surface area contributed by atoms with E-state index in [1.807, 2.05) is 31.2 Å². The molecule has 29 heavy (non-hydrogen) atoms. The van der Waals surface area contributed by atoms with Gasteiger partial charge in [-0.05, 0) is 61.7 Å². The third-order valence-electron chi connectivity index (χ3n) is 4.88. The third kappa shape index (κ3) is 4.80. The fourth-order valence-electron chi connectivity index (χ4n) is 3.47. The number of hydrogen-bond donors (Lipinski definition) is 2. The van der Waals surface area contributed by atoms with E-state index in [1.165, 1.54) is 0 Å². The average Bonchev–Trinajstić information content (AvgIpc) is 3.09. The minimum Gasteiger partial charge on any atom is -0.496 e. The van der Waals surface area contributed by atoms with Crippen LogP contribution in [0.2, 0.25) is 0 Å². The minimum atomic E-state index is -0.928. The number of aryl methyl sites for hydroxylation is 1. The first-order valence-electron chi connectivity index (χ1n) is 9.72. The lowest BCUT2D eigenvalue weighted by Crippen LogP contribution is -2.13. The molecule has 0 aliphatic rings. The lowest BCUT2D eigenvalue weighted by atomic mass is 9.96.